The van der Waals surface area contributed by atoms with Gasteiger partial charge in [0, 0.05) is 4.88 Å². The predicted octanol–water partition coefficient (Wildman–Crippen LogP) is 2.96. The minimum absolute atomic E-state index is 0.998. The summed E-state index contributed by atoms with van der Waals surface area (Å²) in [6, 6.07) is 2.17. The molecule has 0 unspecified atom stereocenters. The van der Waals surface area contributed by atoms with Gasteiger partial charge in [-0.25, -0.2) is 4.40 Å². The Balaban J connectivity index is 2.89. The van der Waals surface area contributed by atoms with E-state index in [4.69, 9.17) is 0 Å². The molecule has 3 heteroatoms. The molecule has 0 aliphatic heterocycles. The third-order valence-corrected chi connectivity index (χ3v) is 2.96. The average Bonchev–Trinajstić information content (AvgIpc) is 2.50. The quantitative estimate of drug-likeness (QED) is 0.537. The van der Waals surface area contributed by atoms with Gasteiger partial charge in [-0.05, 0) is 43.2 Å². The third kappa shape index (κ3) is 2.07. The van der Waals surface area contributed by atoms with Crippen LogP contribution in [0.15, 0.2) is 15.8 Å². The molecule has 0 aliphatic rings. The Kier molecular flexibility index (Phi) is 3.15. The topological polar surface area (TPSA) is 12.4 Å². The summed E-state index contributed by atoms with van der Waals surface area (Å²) in [4.78, 5) is 1.22. The van der Waals surface area contributed by atoms with Gasteiger partial charge in [0.15, 0.2) is 0 Å². The van der Waals surface area contributed by atoms with Crippen LogP contribution in [0.3, 0.4) is 0 Å². The molecular formula is C8H11NS2. The Hall–Kier alpha value is -0.280. The van der Waals surface area contributed by atoms with Crippen LogP contribution in [0.25, 0.3) is 0 Å². The molecule has 0 N–H and O–H groups in total. The largest absolute Gasteiger partial charge is 0.223 e. The molecule has 0 fully saturated rings. The SMILES string of the molecule is CCc1csc(/C(C)=N/S)c1. The van der Waals surface area contributed by atoms with Crippen LogP contribution in [0.5, 0.6) is 0 Å². The summed E-state index contributed by atoms with van der Waals surface area (Å²) in [5.41, 5.74) is 2.37. The zero-order chi connectivity index (χ0) is 8.27. The fourth-order valence-electron chi connectivity index (χ4n) is 0.800. The van der Waals surface area contributed by atoms with Crippen LogP contribution in [0.1, 0.15) is 24.3 Å². The number of nitrogens with zero attached hydrogens (tertiary/aromatic N) is 1. The molecule has 0 radical (unpaired) electrons. The molecule has 11 heavy (non-hydrogen) atoms. The highest BCUT2D eigenvalue weighted by Gasteiger charge is 1.99. The molecule has 1 heterocycles. The molecule has 0 saturated carbocycles. The molecule has 1 aromatic rings. The highest BCUT2D eigenvalue weighted by Crippen LogP contribution is 2.16. The van der Waals surface area contributed by atoms with E-state index in [0.29, 0.717) is 0 Å². The summed E-state index contributed by atoms with van der Waals surface area (Å²) < 4.78 is 3.83. The van der Waals surface area contributed by atoms with Gasteiger partial charge in [-0.2, -0.15) is 0 Å². The third-order valence-electron chi connectivity index (χ3n) is 1.57. The van der Waals surface area contributed by atoms with Crippen molar-refractivity contribution in [3.8, 4) is 0 Å². The summed E-state index contributed by atoms with van der Waals surface area (Å²) in [6.45, 7) is 4.12. The smallest absolute Gasteiger partial charge is 0.0624 e. The fourth-order valence-corrected chi connectivity index (χ4v) is 1.92. The Labute approximate surface area is 76.7 Å². The van der Waals surface area contributed by atoms with Gasteiger partial charge in [0.25, 0.3) is 0 Å². The maximum Gasteiger partial charge on any atom is 0.0624 e. The summed E-state index contributed by atoms with van der Waals surface area (Å²) in [6.07, 6.45) is 1.09. The predicted molar refractivity (Wildman–Crippen MR) is 54.9 cm³/mol. The van der Waals surface area contributed by atoms with E-state index in [1.54, 1.807) is 11.3 Å². The van der Waals surface area contributed by atoms with Gasteiger partial charge in [-0.1, -0.05) is 6.92 Å². The standard InChI is InChI=1S/C8H11NS2/c1-3-7-4-8(11-5-7)6(2)9-10/h4-5,10H,3H2,1-2H3/b9-6+. The number of thiophene rings is 1. The Morgan fingerprint density at radius 1 is 1.73 bits per heavy atom. The van der Waals surface area contributed by atoms with Gasteiger partial charge in [0.2, 0.25) is 0 Å². The first-order chi connectivity index (χ1) is 5.27. The van der Waals surface area contributed by atoms with Gasteiger partial charge in [0.05, 0.1) is 5.71 Å². The van der Waals surface area contributed by atoms with E-state index in [2.05, 4.69) is 35.6 Å². The van der Waals surface area contributed by atoms with Crippen LogP contribution in [-0.2, 0) is 6.42 Å². The van der Waals surface area contributed by atoms with Gasteiger partial charge in [0.1, 0.15) is 0 Å². The summed E-state index contributed by atoms with van der Waals surface area (Å²) in [7, 11) is 0. The van der Waals surface area contributed by atoms with Gasteiger partial charge in [-0.3, -0.25) is 0 Å². The lowest BCUT2D eigenvalue weighted by atomic mass is 10.2. The second-order valence-electron chi connectivity index (χ2n) is 2.36. The van der Waals surface area contributed by atoms with Crippen molar-refractivity contribution in [3.63, 3.8) is 0 Å². The van der Waals surface area contributed by atoms with Gasteiger partial charge >= 0.3 is 0 Å². The maximum atomic E-state index is 3.86. The Bertz CT molecular complexity index is 263. The van der Waals surface area contributed by atoms with Crippen molar-refractivity contribution in [1.29, 1.82) is 0 Å². The highest BCUT2D eigenvalue weighted by atomic mass is 32.1. The Morgan fingerprint density at radius 2 is 2.45 bits per heavy atom. The summed E-state index contributed by atoms with van der Waals surface area (Å²) in [5.74, 6) is 0. The minimum atomic E-state index is 0.998. The molecule has 0 bridgehead atoms. The van der Waals surface area contributed by atoms with E-state index in [1.807, 2.05) is 6.92 Å². The molecule has 0 aromatic carbocycles. The number of rotatable bonds is 2. The molecule has 60 valence electrons. The van der Waals surface area contributed by atoms with E-state index in [-0.39, 0.29) is 0 Å². The van der Waals surface area contributed by atoms with Crippen LogP contribution < -0.4 is 0 Å². The first-order valence-corrected chi connectivity index (χ1v) is 4.82. The molecule has 1 rings (SSSR count). The van der Waals surface area contributed by atoms with Crippen LogP contribution >= 0.6 is 24.2 Å². The van der Waals surface area contributed by atoms with Crippen molar-refractivity contribution in [2.45, 2.75) is 20.3 Å². The molecule has 0 aliphatic carbocycles. The molecule has 0 amide bonds. The van der Waals surface area contributed by atoms with E-state index < -0.39 is 0 Å². The molecule has 0 saturated heterocycles. The second-order valence-corrected chi connectivity index (χ2v) is 3.47. The average molecular weight is 185 g/mol. The van der Waals surface area contributed by atoms with Crippen LogP contribution in [-0.4, -0.2) is 5.71 Å². The fraction of sp³-hybridized carbons (Fsp3) is 0.375. The number of hydrogen-bond acceptors (Lipinski definition) is 3. The van der Waals surface area contributed by atoms with Crippen molar-refractivity contribution in [1.82, 2.24) is 0 Å². The summed E-state index contributed by atoms with van der Waals surface area (Å²) >= 11 is 5.59. The highest BCUT2D eigenvalue weighted by molar-refractivity contribution is 7.79. The van der Waals surface area contributed by atoms with Crippen molar-refractivity contribution >= 4 is 29.9 Å². The van der Waals surface area contributed by atoms with E-state index in [9.17, 15) is 0 Å². The molecule has 1 nitrogen and oxygen atoms in total. The first kappa shape index (κ1) is 8.81. The van der Waals surface area contributed by atoms with Crippen molar-refractivity contribution in [2.75, 3.05) is 0 Å². The van der Waals surface area contributed by atoms with Gasteiger partial charge in [-0.15, -0.1) is 11.3 Å². The minimum Gasteiger partial charge on any atom is -0.223 e. The second kappa shape index (κ2) is 3.93. The van der Waals surface area contributed by atoms with Crippen LogP contribution in [0.4, 0.5) is 0 Å². The monoisotopic (exact) mass is 185 g/mol. The van der Waals surface area contributed by atoms with Crippen LogP contribution in [0.2, 0.25) is 0 Å². The van der Waals surface area contributed by atoms with Gasteiger partial charge < -0.3 is 0 Å². The maximum absolute atomic E-state index is 3.86. The van der Waals surface area contributed by atoms with Crippen LogP contribution in [0, 0.1) is 0 Å². The van der Waals surface area contributed by atoms with E-state index in [1.165, 1.54) is 10.4 Å². The van der Waals surface area contributed by atoms with Crippen molar-refractivity contribution in [3.05, 3.63) is 21.9 Å². The van der Waals surface area contributed by atoms with E-state index in [0.717, 1.165) is 12.1 Å². The number of aryl methyl sites for hydroxylation is 1. The van der Waals surface area contributed by atoms with E-state index >= 15 is 0 Å². The lowest BCUT2D eigenvalue weighted by Gasteiger charge is -1.89. The normalized spacial score (nSPS) is 12.1. The zero-order valence-electron chi connectivity index (χ0n) is 6.66. The number of thiol groups is 1. The number of hydrogen-bond donors (Lipinski definition) is 1. The molecule has 0 atom stereocenters. The molecule has 1 aromatic heterocycles. The Morgan fingerprint density at radius 3 is 2.91 bits per heavy atom. The lowest BCUT2D eigenvalue weighted by Crippen LogP contribution is -1.86. The molecular weight excluding hydrogens is 174 g/mol. The lowest BCUT2D eigenvalue weighted by molar-refractivity contribution is 1.15. The molecule has 0 spiro atoms. The van der Waals surface area contributed by atoms with Crippen molar-refractivity contribution in [2.24, 2.45) is 4.40 Å². The zero-order valence-corrected chi connectivity index (χ0v) is 8.38. The summed E-state index contributed by atoms with van der Waals surface area (Å²) in [5, 5.41) is 2.16. The first-order valence-electron chi connectivity index (χ1n) is 3.54. The van der Waals surface area contributed by atoms with Crippen molar-refractivity contribution < 1.29 is 0 Å².